The lowest BCUT2D eigenvalue weighted by Crippen LogP contribution is -2.32. The lowest BCUT2D eigenvalue weighted by molar-refractivity contribution is -0.112. The predicted molar refractivity (Wildman–Crippen MR) is 95.2 cm³/mol. The number of nitrogens with zero attached hydrogens (tertiary/aromatic N) is 2. The van der Waals surface area contributed by atoms with Gasteiger partial charge in [-0.2, -0.15) is 5.26 Å². The minimum absolute atomic E-state index is 0.00166. The first-order chi connectivity index (χ1) is 12.3. The lowest BCUT2D eigenvalue weighted by atomic mass is 10.2. The average Bonchev–Trinajstić information content (AvgIpc) is 2.95. The minimum Gasteiger partial charge on any atom is -0.478 e. The first kappa shape index (κ1) is 19.5. The van der Waals surface area contributed by atoms with Gasteiger partial charge in [-0.15, -0.1) is 0 Å². The molecule has 0 spiro atoms. The van der Waals surface area contributed by atoms with Crippen molar-refractivity contribution in [2.45, 2.75) is 19.4 Å². The third kappa shape index (κ3) is 4.83. The molecule has 138 valence electrons. The fraction of sp³-hybridized carbons (Fsp3) is 0.353. The van der Waals surface area contributed by atoms with Gasteiger partial charge in [-0.3, -0.25) is 4.79 Å². The molecule has 0 saturated carbocycles. The molecule has 1 atom stereocenters. The number of carboxylic acids is 1. The topological polar surface area (TPSA) is 128 Å². The Morgan fingerprint density at radius 3 is 2.73 bits per heavy atom. The van der Waals surface area contributed by atoms with Gasteiger partial charge < -0.3 is 15.3 Å². The monoisotopic (exact) mass is 377 g/mol. The minimum atomic E-state index is -3.08. The van der Waals surface area contributed by atoms with Gasteiger partial charge in [0, 0.05) is 24.5 Å². The number of amides is 1. The number of anilines is 1. The summed E-state index contributed by atoms with van der Waals surface area (Å²) in [6, 6.07) is 7.22. The molecule has 1 fully saturated rings. The Bertz CT molecular complexity index is 886. The molecular weight excluding hydrogens is 358 g/mol. The molecule has 1 saturated heterocycles. The Kier molecular flexibility index (Phi) is 6.00. The van der Waals surface area contributed by atoms with Crippen molar-refractivity contribution in [2.24, 2.45) is 0 Å². The Hall–Kier alpha value is -2.86. The summed E-state index contributed by atoms with van der Waals surface area (Å²) in [5.41, 5.74) is 0.0797. The summed E-state index contributed by atoms with van der Waals surface area (Å²) in [4.78, 5) is 25.0. The van der Waals surface area contributed by atoms with Crippen LogP contribution in [-0.4, -0.2) is 54.4 Å². The van der Waals surface area contributed by atoms with E-state index in [2.05, 4.69) is 5.32 Å². The highest BCUT2D eigenvalue weighted by atomic mass is 32.2. The number of aromatic carboxylic acids is 1. The van der Waals surface area contributed by atoms with Crippen molar-refractivity contribution in [3.63, 3.8) is 0 Å². The van der Waals surface area contributed by atoms with Crippen LogP contribution in [0.4, 0.5) is 5.69 Å². The number of hydrogen-bond acceptors (Lipinski definition) is 6. The second-order valence-corrected chi connectivity index (χ2v) is 8.11. The van der Waals surface area contributed by atoms with Crippen LogP contribution in [-0.2, 0) is 14.6 Å². The van der Waals surface area contributed by atoms with Crippen molar-refractivity contribution in [3.8, 4) is 6.07 Å². The molecule has 1 aliphatic rings. The van der Waals surface area contributed by atoms with Crippen molar-refractivity contribution < 1.29 is 23.1 Å². The average molecular weight is 377 g/mol. The van der Waals surface area contributed by atoms with Gasteiger partial charge in [-0.1, -0.05) is 6.07 Å². The van der Waals surface area contributed by atoms with Crippen LogP contribution >= 0.6 is 0 Å². The highest BCUT2D eigenvalue weighted by Crippen LogP contribution is 2.19. The van der Waals surface area contributed by atoms with E-state index in [0.717, 1.165) is 0 Å². The Balaban J connectivity index is 2.17. The van der Waals surface area contributed by atoms with E-state index < -0.39 is 21.7 Å². The van der Waals surface area contributed by atoms with Gasteiger partial charge in [-0.05, 0) is 31.5 Å². The molecule has 0 bridgehead atoms. The largest absolute Gasteiger partial charge is 0.478 e. The quantitative estimate of drug-likeness (QED) is 0.564. The van der Waals surface area contributed by atoms with E-state index >= 15 is 0 Å². The summed E-state index contributed by atoms with van der Waals surface area (Å²) in [7, 11) is -3.08. The maximum absolute atomic E-state index is 12.3. The molecule has 0 radical (unpaired) electrons. The number of carbonyl (C=O) groups is 2. The van der Waals surface area contributed by atoms with E-state index in [4.69, 9.17) is 5.11 Å². The normalized spacial score (nSPS) is 18.8. The predicted octanol–water partition coefficient (Wildman–Crippen LogP) is 1.24. The molecule has 1 heterocycles. The van der Waals surface area contributed by atoms with Gasteiger partial charge in [-0.25, -0.2) is 13.2 Å². The number of nitriles is 1. The smallest absolute Gasteiger partial charge is 0.335 e. The Morgan fingerprint density at radius 2 is 2.19 bits per heavy atom. The van der Waals surface area contributed by atoms with Gasteiger partial charge >= 0.3 is 5.97 Å². The molecule has 1 aliphatic heterocycles. The highest BCUT2D eigenvalue weighted by Gasteiger charge is 2.31. The number of hydrogen-bond donors (Lipinski definition) is 2. The molecule has 26 heavy (non-hydrogen) atoms. The van der Waals surface area contributed by atoms with E-state index in [1.54, 1.807) is 4.90 Å². The molecule has 0 aromatic heterocycles. The summed E-state index contributed by atoms with van der Waals surface area (Å²) >= 11 is 0. The van der Waals surface area contributed by atoms with Crippen molar-refractivity contribution in [3.05, 3.63) is 41.6 Å². The van der Waals surface area contributed by atoms with Crippen LogP contribution in [0.5, 0.6) is 0 Å². The molecular formula is C17H19N3O5S. The summed E-state index contributed by atoms with van der Waals surface area (Å²) in [6.45, 7) is 2.26. The number of carboxylic acid groups (broad SMARTS) is 1. The number of carbonyl (C=O) groups excluding carboxylic acids is 1. The maximum atomic E-state index is 12.3. The van der Waals surface area contributed by atoms with Crippen LogP contribution in [0.3, 0.4) is 0 Å². The Labute approximate surface area is 151 Å². The molecule has 1 aromatic carbocycles. The van der Waals surface area contributed by atoms with Crippen LogP contribution in [0.2, 0.25) is 0 Å². The maximum Gasteiger partial charge on any atom is 0.335 e. The Morgan fingerprint density at radius 1 is 1.46 bits per heavy atom. The second-order valence-electron chi connectivity index (χ2n) is 5.88. The lowest BCUT2D eigenvalue weighted by Gasteiger charge is -2.25. The zero-order chi connectivity index (χ0) is 19.3. The van der Waals surface area contributed by atoms with E-state index in [-0.39, 0.29) is 34.4 Å². The zero-order valence-electron chi connectivity index (χ0n) is 14.2. The second kappa shape index (κ2) is 8.01. The highest BCUT2D eigenvalue weighted by molar-refractivity contribution is 7.91. The molecule has 2 rings (SSSR count). The van der Waals surface area contributed by atoms with Crippen molar-refractivity contribution >= 4 is 27.4 Å². The van der Waals surface area contributed by atoms with E-state index in [1.165, 1.54) is 30.5 Å². The van der Waals surface area contributed by atoms with Crippen molar-refractivity contribution in [1.29, 1.82) is 5.26 Å². The van der Waals surface area contributed by atoms with Crippen molar-refractivity contribution in [2.75, 3.05) is 23.4 Å². The zero-order valence-corrected chi connectivity index (χ0v) is 15.0. The van der Waals surface area contributed by atoms with Crippen LogP contribution < -0.4 is 5.32 Å². The van der Waals surface area contributed by atoms with Crippen LogP contribution in [0.25, 0.3) is 0 Å². The summed E-state index contributed by atoms with van der Waals surface area (Å²) < 4.78 is 23.3. The molecule has 8 nitrogen and oxygen atoms in total. The fourth-order valence-electron chi connectivity index (χ4n) is 2.72. The van der Waals surface area contributed by atoms with Gasteiger partial charge in [0.1, 0.15) is 11.6 Å². The van der Waals surface area contributed by atoms with Gasteiger partial charge in [0.15, 0.2) is 9.84 Å². The summed E-state index contributed by atoms with van der Waals surface area (Å²) in [6.07, 6.45) is 1.82. The molecule has 1 aromatic rings. The van der Waals surface area contributed by atoms with E-state index in [0.29, 0.717) is 13.0 Å². The van der Waals surface area contributed by atoms with Gasteiger partial charge in [0.2, 0.25) is 0 Å². The number of sulfone groups is 1. The van der Waals surface area contributed by atoms with E-state index in [9.17, 15) is 23.3 Å². The molecule has 2 N–H and O–H groups in total. The van der Waals surface area contributed by atoms with Crippen LogP contribution in [0, 0.1) is 11.3 Å². The summed E-state index contributed by atoms with van der Waals surface area (Å²) in [5.74, 6) is -1.72. The first-order valence-electron chi connectivity index (χ1n) is 7.98. The SMILES string of the molecule is CCN(/C=C(/C#N)C(=O)Nc1cccc(C(=O)O)c1)C1CCS(=O)(=O)C1. The molecule has 0 aliphatic carbocycles. The van der Waals surface area contributed by atoms with Crippen LogP contribution in [0.1, 0.15) is 23.7 Å². The molecule has 1 unspecified atom stereocenters. The number of nitrogens with one attached hydrogen (secondary N) is 1. The first-order valence-corrected chi connectivity index (χ1v) is 9.80. The van der Waals surface area contributed by atoms with Gasteiger partial charge in [0.05, 0.1) is 17.1 Å². The number of benzene rings is 1. The standard InChI is InChI=1S/C17H19N3O5S/c1-2-20(15-6-7-26(24,25)11-15)10-13(9-18)16(21)19-14-5-3-4-12(8-14)17(22)23/h3-5,8,10,15H,2,6-7,11H2,1H3,(H,19,21)(H,22,23)/b13-10-. The fourth-order valence-corrected chi connectivity index (χ4v) is 4.47. The van der Waals surface area contributed by atoms with Gasteiger partial charge in [0.25, 0.3) is 5.91 Å². The third-order valence-corrected chi connectivity index (χ3v) is 5.82. The van der Waals surface area contributed by atoms with Crippen molar-refractivity contribution in [1.82, 2.24) is 4.90 Å². The molecule has 1 amide bonds. The number of rotatable bonds is 6. The summed E-state index contributed by atoms with van der Waals surface area (Å²) in [5, 5.41) is 20.8. The third-order valence-electron chi connectivity index (χ3n) is 4.07. The van der Waals surface area contributed by atoms with E-state index in [1.807, 2.05) is 13.0 Å². The molecule has 9 heteroatoms. The van der Waals surface area contributed by atoms with Crippen LogP contribution in [0.15, 0.2) is 36.0 Å².